The van der Waals surface area contributed by atoms with Crippen LogP contribution >= 0.6 is 0 Å². The Morgan fingerprint density at radius 3 is 2.53 bits per heavy atom. The van der Waals surface area contributed by atoms with Crippen LogP contribution in [-0.4, -0.2) is 35.0 Å². The van der Waals surface area contributed by atoms with E-state index in [4.69, 9.17) is 0 Å². The van der Waals surface area contributed by atoms with Crippen LogP contribution in [0, 0.1) is 11.3 Å². The molecule has 1 aliphatic carbocycles. The zero-order chi connectivity index (χ0) is 12.5. The molecule has 0 aromatic heterocycles. The third-order valence-electron chi connectivity index (χ3n) is 4.47. The van der Waals surface area contributed by atoms with Crippen LogP contribution in [0.2, 0.25) is 0 Å². The minimum atomic E-state index is -0.789. The highest BCUT2D eigenvalue weighted by Gasteiger charge is 2.46. The standard InChI is InChI=1S/C13H21NO3/c1-2-10-4-7-14(9-10)11(15)8-13(12(16)17)5-3-6-13/h10H,2-9H2,1H3,(H,16,17). The number of carbonyl (C=O) groups is 2. The Kier molecular flexibility index (Phi) is 3.40. The highest BCUT2D eigenvalue weighted by molar-refractivity contribution is 5.85. The molecule has 2 fully saturated rings. The van der Waals surface area contributed by atoms with Crippen molar-refractivity contribution in [3.8, 4) is 0 Å². The summed E-state index contributed by atoms with van der Waals surface area (Å²) in [7, 11) is 0. The molecular formula is C13H21NO3. The van der Waals surface area contributed by atoms with Gasteiger partial charge in [-0.2, -0.15) is 0 Å². The first-order valence-corrected chi connectivity index (χ1v) is 6.58. The van der Waals surface area contributed by atoms with E-state index in [0.29, 0.717) is 18.8 Å². The number of hydrogen-bond acceptors (Lipinski definition) is 2. The van der Waals surface area contributed by atoms with Crippen molar-refractivity contribution in [3.63, 3.8) is 0 Å². The lowest BCUT2D eigenvalue weighted by molar-refractivity contribution is -0.159. The van der Waals surface area contributed by atoms with Gasteiger partial charge in [-0.3, -0.25) is 9.59 Å². The molecule has 4 nitrogen and oxygen atoms in total. The average Bonchev–Trinajstić information content (AvgIpc) is 2.71. The van der Waals surface area contributed by atoms with Gasteiger partial charge in [-0.15, -0.1) is 0 Å². The van der Waals surface area contributed by atoms with Crippen molar-refractivity contribution in [2.75, 3.05) is 13.1 Å². The fourth-order valence-corrected chi connectivity index (χ4v) is 2.86. The van der Waals surface area contributed by atoms with Crippen molar-refractivity contribution in [1.29, 1.82) is 0 Å². The molecule has 1 saturated carbocycles. The van der Waals surface area contributed by atoms with Gasteiger partial charge in [0.25, 0.3) is 0 Å². The molecule has 0 aromatic rings. The molecule has 2 rings (SSSR count). The van der Waals surface area contributed by atoms with Crippen LogP contribution in [0.5, 0.6) is 0 Å². The predicted octanol–water partition coefficient (Wildman–Crippen LogP) is 1.89. The van der Waals surface area contributed by atoms with Crippen LogP contribution in [-0.2, 0) is 9.59 Å². The third-order valence-corrected chi connectivity index (χ3v) is 4.47. The van der Waals surface area contributed by atoms with Crippen molar-refractivity contribution in [3.05, 3.63) is 0 Å². The van der Waals surface area contributed by atoms with E-state index < -0.39 is 11.4 Å². The van der Waals surface area contributed by atoms with Gasteiger partial charge in [0.1, 0.15) is 0 Å². The first kappa shape index (κ1) is 12.4. The number of amides is 1. The Hall–Kier alpha value is -1.06. The van der Waals surface area contributed by atoms with E-state index in [9.17, 15) is 14.7 Å². The molecule has 17 heavy (non-hydrogen) atoms. The summed E-state index contributed by atoms with van der Waals surface area (Å²) in [6.45, 7) is 3.78. The molecule has 0 spiro atoms. The summed E-state index contributed by atoms with van der Waals surface area (Å²) in [5.41, 5.74) is -0.735. The first-order valence-electron chi connectivity index (χ1n) is 6.58. The molecule has 1 aliphatic heterocycles. The largest absolute Gasteiger partial charge is 0.481 e. The number of carboxylic acid groups (broad SMARTS) is 1. The van der Waals surface area contributed by atoms with E-state index in [1.165, 1.54) is 0 Å². The van der Waals surface area contributed by atoms with E-state index in [-0.39, 0.29) is 12.3 Å². The second-order valence-corrected chi connectivity index (χ2v) is 5.52. The summed E-state index contributed by atoms with van der Waals surface area (Å²) < 4.78 is 0. The van der Waals surface area contributed by atoms with Gasteiger partial charge in [0.2, 0.25) is 5.91 Å². The molecule has 2 aliphatic rings. The molecule has 1 unspecified atom stereocenters. The smallest absolute Gasteiger partial charge is 0.310 e. The minimum absolute atomic E-state index is 0.0445. The summed E-state index contributed by atoms with van der Waals surface area (Å²) in [5.74, 6) is -0.132. The molecule has 1 N–H and O–H groups in total. The second-order valence-electron chi connectivity index (χ2n) is 5.52. The third kappa shape index (κ3) is 2.31. The maximum atomic E-state index is 12.1. The molecule has 96 valence electrons. The topological polar surface area (TPSA) is 57.6 Å². The van der Waals surface area contributed by atoms with E-state index in [1.807, 2.05) is 4.90 Å². The first-order chi connectivity index (χ1) is 8.07. The number of carboxylic acids is 1. The van der Waals surface area contributed by atoms with Gasteiger partial charge in [-0.1, -0.05) is 19.8 Å². The maximum absolute atomic E-state index is 12.1. The lowest BCUT2D eigenvalue weighted by Gasteiger charge is -2.38. The van der Waals surface area contributed by atoms with Gasteiger partial charge in [-0.05, 0) is 25.2 Å². The van der Waals surface area contributed by atoms with Crippen molar-refractivity contribution in [2.45, 2.75) is 45.4 Å². The lowest BCUT2D eigenvalue weighted by Crippen LogP contribution is -2.43. The van der Waals surface area contributed by atoms with Gasteiger partial charge in [0, 0.05) is 19.5 Å². The normalized spacial score (nSPS) is 26.6. The highest BCUT2D eigenvalue weighted by atomic mass is 16.4. The van der Waals surface area contributed by atoms with Gasteiger partial charge < -0.3 is 10.0 Å². The van der Waals surface area contributed by atoms with Gasteiger partial charge in [0.15, 0.2) is 0 Å². The fourth-order valence-electron chi connectivity index (χ4n) is 2.86. The molecule has 0 radical (unpaired) electrons. The summed E-state index contributed by atoms with van der Waals surface area (Å²) in [6, 6.07) is 0. The van der Waals surface area contributed by atoms with E-state index >= 15 is 0 Å². The maximum Gasteiger partial charge on any atom is 0.310 e. The van der Waals surface area contributed by atoms with E-state index in [0.717, 1.165) is 32.4 Å². The molecular weight excluding hydrogens is 218 g/mol. The number of hydrogen-bond donors (Lipinski definition) is 1. The monoisotopic (exact) mass is 239 g/mol. The quantitative estimate of drug-likeness (QED) is 0.815. The SMILES string of the molecule is CCC1CCN(C(=O)CC2(C(=O)O)CCC2)C1. The lowest BCUT2D eigenvalue weighted by atomic mass is 9.66. The Balaban J connectivity index is 1.91. The molecule has 1 heterocycles. The summed E-state index contributed by atoms with van der Waals surface area (Å²) in [6.07, 6.45) is 4.66. The molecule has 4 heteroatoms. The van der Waals surface area contributed by atoms with Gasteiger partial charge in [-0.25, -0.2) is 0 Å². The number of likely N-dealkylation sites (tertiary alicyclic amines) is 1. The average molecular weight is 239 g/mol. The van der Waals surface area contributed by atoms with E-state index in [2.05, 4.69) is 6.92 Å². The summed E-state index contributed by atoms with van der Waals surface area (Å²) in [4.78, 5) is 25.1. The fraction of sp³-hybridized carbons (Fsp3) is 0.846. The molecule has 1 saturated heterocycles. The Morgan fingerprint density at radius 1 is 1.41 bits per heavy atom. The van der Waals surface area contributed by atoms with Crippen LogP contribution in [0.4, 0.5) is 0 Å². The number of rotatable bonds is 4. The van der Waals surface area contributed by atoms with Gasteiger partial charge in [0.05, 0.1) is 5.41 Å². The highest BCUT2D eigenvalue weighted by Crippen LogP contribution is 2.44. The van der Waals surface area contributed by atoms with Crippen molar-refractivity contribution >= 4 is 11.9 Å². The summed E-state index contributed by atoms with van der Waals surface area (Å²) >= 11 is 0. The Bertz CT molecular complexity index is 323. The Morgan fingerprint density at radius 2 is 2.12 bits per heavy atom. The van der Waals surface area contributed by atoms with E-state index in [1.54, 1.807) is 0 Å². The van der Waals surface area contributed by atoms with Gasteiger partial charge >= 0.3 is 5.97 Å². The zero-order valence-corrected chi connectivity index (χ0v) is 10.4. The Labute approximate surface area is 102 Å². The van der Waals surface area contributed by atoms with Crippen LogP contribution in [0.3, 0.4) is 0 Å². The molecule has 0 bridgehead atoms. The van der Waals surface area contributed by atoms with Crippen LogP contribution < -0.4 is 0 Å². The molecule has 0 aromatic carbocycles. The van der Waals surface area contributed by atoms with Crippen molar-refractivity contribution in [2.24, 2.45) is 11.3 Å². The van der Waals surface area contributed by atoms with Crippen LogP contribution in [0.25, 0.3) is 0 Å². The number of nitrogens with zero attached hydrogens (tertiary/aromatic N) is 1. The van der Waals surface area contributed by atoms with Crippen molar-refractivity contribution in [1.82, 2.24) is 4.90 Å². The number of carbonyl (C=O) groups excluding carboxylic acids is 1. The predicted molar refractivity (Wildman–Crippen MR) is 63.5 cm³/mol. The zero-order valence-electron chi connectivity index (χ0n) is 10.4. The van der Waals surface area contributed by atoms with Crippen LogP contribution in [0.15, 0.2) is 0 Å². The van der Waals surface area contributed by atoms with Crippen LogP contribution in [0.1, 0.15) is 45.4 Å². The minimum Gasteiger partial charge on any atom is -0.481 e. The molecule has 1 atom stereocenters. The van der Waals surface area contributed by atoms with Crippen molar-refractivity contribution < 1.29 is 14.7 Å². The second kappa shape index (κ2) is 4.67. The molecule has 1 amide bonds. The number of aliphatic carboxylic acids is 1. The summed E-state index contributed by atoms with van der Waals surface area (Å²) in [5, 5.41) is 9.20.